The third kappa shape index (κ3) is 4.37. The Kier molecular flexibility index (Phi) is 5.16. The fraction of sp³-hybridized carbons (Fsp3) is 0.105. The summed E-state index contributed by atoms with van der Waals surface area (Å²) in [5.74, 6) is 0. The van der Waals surface area contributed by atoms with E-state index < -0.39 is 11.9 Å². The lowest BCUT2D eigenvalue weighted by molar-refractivity contribution is -0.141. The van der Waals surface area contributed by atoms with Crippen molar-refractivity contribution >= 4 is 22.8 Å². The maximum atomic E-state index is 12.6. The molecule has 6 nitrogen and oxygen atoms in total. The number of halogens is 3. The Morgan fingerprint density at radius 2 is 1.86 bits per heavy atom. The zero-order chi connectivity index (χ0) is 20.3. The van der Waals surface area contributed by atoms with Gasteiger partial charge < -0.3 is 10.6 Å². The van der Waals surface area contributed by atoms with Crippen molar-refractivity contribution in [2.45, 2.75) is 13.1 Å². The molecule has 0 bridgehead atoms. The van der Waals surface area contributed by atoms with Gasteiger partial charge >= 0.3 is 6.18 Å². The largest absolute Gasteiger partial charge is 0.433 e. The van der Waals surface area contributed by atoms with Crippen LogP contribution in [0.2, 0.25) is 0 Å². The molecule has 0 aliphatic carbocycles. The van der Waals surface area contributed by atoms with Crippen molar-refractivity contribution in [2.75, 3.05) is 10.6 Å². The quantitative estimate of drug-likeness (QED) is 0.573. The van der Waals surface area contributed by atoms with Crippen molar-refractivity contribution in [2.24, 2.45) is 0 Å². The Morgan fingerprint density at radius 1 is 1.07 bits per heavy atom. The summed E-state index contributed by atoms with van der Waals surface area (Å²) in [5, 5.41) is 12.9. The van der Waals surface area contributed by atoms with Crippen LogP contribution in [0.25, 0.3) is 11.4 Å². The number of rotatable bonds is 6. The van der Waals surface area contributed by atoms with Crippen LogP contribution in [0.15, 0.2) is 56.1 Å². The lowest BCUT2D eigenvalue weighted by Gasteiger charge is -2.13. The highest BCUT2D eigenvalue weighted by Crippen LogP contribution is 2.29. The van der Waals surface area contributed by atoms with E-state index in [9.17, 15) is 13.2 Å². The summed E-state index contributed by atoms with van der Waals surface area (Å²) < 4.78 is 37.8. The zero-order valence-electron chi connectivity index (χ0n) is 14.9. The Balaban J connectivity index is 1.72. The number of aryl methyl sites for hydroxylation is 1. The predicted octanol–water partition coefficient (Wildman–Crippen LogP) is 4.69. The van der Waals surface area contributed by atoms with E-state index >= 15 is 0 Å². The van der Waals surface area contributed by atoms with Gasteiger partial charge in [0.15, 0.2) is 0 Å². The van der Waals surface area contributed by atoms with E-state index in [0.717, 1.165) is 23.4 Å². The highest BCUT2D eigenvalue weighted by Gasteiger charge is 2.32. The lowest BCUT2D eigenvalue weighted by Crippen LogP contribution is -2.08. The first kappa shape index (κ1) is 19.2. The summed E-state index contributed by atoms with van der Waals surface area (Å²) in [6, 6.07) is 4.10. The molecule has 3 heterocycles. The minimum atomic E-state index is -4.49. The van der Waals surface area contributed by atoms with Gasteiger partial charge in [-0.2, -0.15) is 18.3 Å². The number of hydrogen-bond donors (Lipinski definition) is 3. The van der Waals surface area contributed by atoms with Gasteiger partial charge in [-0.1, -0.05) is 13.2 Å². The molecule has 3 aromatic rings. The molecular formula is C19H17F3N6. The van der Waals surface area contributed by atoms with Crippen molar-refractivity contribution in [3.8, 4) is 0 Å². The zero-order valence-corrected chi connectivity index (χ0v) is 14.9. The SMILES string of the molecule is C=C(Nc1c[nH]nc1C(=C)Nc1ccc(C(F)(F)F)nc1)c1cncc(C)c1. The van der Waals surface area contributed by atoms with Crippen molar-refractivity contribution in [1.82, 2.24) is 20.2 Å². The van der Waals surface area contributed by atoms with Gasteiger partial charge in [0.05, 0.1) is 23.3 Å². The third-order valence-electron chi connectivity index (χ3n) is 3.78. The Hall–Kier alpha value is -3.62. The van der Waals surface area contributed by atoms with E-state index in [1.807, 2.05) is 13.0 Å². The van der Waals surface area contributed by atoms with Crippen LogP contribution in [0.1, 0.15) is 22.5 Å². The van der Waals surface area contributed by atoms with Crippen LogP contribution in [0, 0.1) is 6.92 Å². The Morgan fingerprint density at radius 3 is 2.50 bits per heavy atom. The van der Waals surface area contributed by atoms with Crippen LogP contribution in [0.4, 0.5) is 24.5 Å². The molecule has 0 aromatic carbocycles. The second-order valence-electron chi connectivity index (χ2n) is 6.04. The summed E-state index contributed by atoms with van der Waals surface area (Å²) >= 11 is 0. The van der Waals surface area contributed by atoms with E-state index in [-0.39, 0.29) is 0 Å². The van der Waals surface area contributed by atoms with Gasteiger partial charge in [0.25, 0.3) is 0 Å². The molecule has 3 aromatic heterocycles. The lowest BCUT2D eigenvalue weighted by atomic mass is 10.1. The Bertz CT molecular complexity index is 1010. The van der Waals surface area contributed by atoms with Gasteiger partial charge in [-0.05, 0) is 30.7 Å². The van der Waals surface area contributed by atoms with Crippen LogP contribution < -0.4 is 10.6 Å². The fourth-order valence-electron chi connectivity index (χ4n) is 2.44. The number of nitrogens with one attached hydrogen (secondary N) is 3. The first-order valence-electron chi connectivity index (χ1n) is 8.15. The van der Waals surface area contributed by atoms with Crippen LogP contribution in [0.3, 0.4) is 0 Å². The molecule has 0 fully saturated rings. The average molecular weight is 386 g/mol. The van der Waals surface area contributed by atoms with Crippen molar-refractivity contribution in [3.05, 3.63) is 78.7 Å². The van der Waals surface area contributed by atoms with Crippen LogP contribution in [0.5, 0.6) is 0 Å². The molecule has 0 unspecified atom stereocenters. The molecule has 28 heavy (non-hydrogen) atoms. The van der Waals surface area contributed by atoms with E-state index in [1.165, 1.54) is 6.07 Å². The van der Waals surface area contributed by atoms with Crippen LogP contribution in [-0.4, -0.2) is 20.2 Å². The minimum absolute atomic E-state index is 0.355. The molecule has 0 spiro atoms. The summed E-state index contributed by atoms with van der Waals surface area (Å²) in [6.45, 7) is 9.82. The highest BCUT2D eigenvalue weighted by molar-refractivity contribution is 5.84. The molecule has 0 aliphatic heterocycles. The van der Waals surface area contributed by atoms with E-state index in [1.54, 1.807) is 18.6 Å². The topological polar surface area (TPSA) is 78.5 Å². The standard InChI is InChI=1S/C19H17F3N6/c1-11-6-14(8-23-7-11)12(2)27-16-10-25-28-18(16)13(3)26-15-4-5-17(24-9-15)19(20,21)22/h4-10,26-27H,2-3H2,1H3,(H,25,28). The summed E-state index contributed by atoms with van der Waals surface area (Å²) in [4.78, 5) is 7.54. The second kappa shape index (κ2) is 7.55. The van der Waals surface area contributed by atoms with Crippen LogP contribution >= 0.6 is 0 Å². The number of H-pyrrole nitrogens is 1. The molecule has 0 radical (unpaired) electrons. The monoisotopic (exact) mass is 386 g/mol. The van der Waals surface area contributed by atoms with Gasteiger partial charge in [0.1, 0.15) is 11.4 Å². The maximum Gasteiger partial charge on any atom is 0.433 e. The van der Waals surface area contributed by atoms with Crippen molar-refractivity contribution in [1.29, 1.82) is 0 Å². The molecule has 3 rings (SSSR count). The molecule has 3 N–H and O–H groups in total. The predicted molar refractivity (Wildman–Crippen MR) is 102 cm³/mol. The van der Waals surface area contributed by atoms with Gasteiger partial charge in [-0.15, -0.1) is 0 Å². The number of aromatic nitrogens is 4. The fourth-order valence-corrected chi connectivity index (χ4v) is 2.44. The van der Waals surface area contributed by atoms with Gasteiger partial charge in [0, 0.05) is 29.9 Å². The molecule has 0 atom stereocenters. The maximum absolute atomic E-state index is 12.6. The molecule has 0 amide bonds. The summed E-state index contributed by atoms with van der Waals surface area (Å²) in [5.41, 5.74) is 3.25. The first-order chi connectivity index (χ1) is 13.2. The average Bonchev–Trinajstić information content (AvgIpc) is 3.09. The van der Waals surface area contributed by atoms with Gasteiger partial charge in [-0.25, -0.2) is 4.98 Å². The third-order valence-corrected chi connectivity index (χ3v) is 3.78. The number of nitrogens with zero attached hydrogens (tertiary/aromatic N) is 3. The van der Waals surface area contributed by atoms with Crippen molar-refractivity contribution in [3.63, 3.8) is 0 Å². The molecule has 9 heteroatoms. The second-order valence-corrected chi connectivity index (χ2v) is 6.04. The number of alkyl halides is 3. The molecule has 144 valence electrons. The molecular weight excluding hydrogens is 369 g/mol. The van der Waals surface area contributed by atoms with E-state index in [2.05, 4.69) is 44.0 Å². The first-order valence-corrected chi connectivity index (χ1v) is 8.15. The number of anilines is 2. The van der Waals surface area contributed by atoms with E-state index in [4.69, 9.17) is 0 Å². The van der Waals surface area contributed by atoms with E-state index in [0.29, 0.717) is 28.5 Å². The smallest absolute Gasteiger partial charge is 0.353 e. The minimum Gasteiger partial charge on any atom is -0.353 e. The van der Waals surface area contributed by atoms with Crippen molar-refractivity contribution < 1.29 is 13.2 Å². The summed E-state index contributed by atoms with van der Waals surface area (Å²) in [6.07, 6.45) is 1.65. The molecule has 0 aliphatic rings. The van der Waals surface area contributed by atoms with Crippen LogP contribution in [-0.2, 0) is 6.18 Å². The number of hydrogen-bond acceptors (Lipinski definition) is 5. The Labute approximate surface area is 159 Å². The number of aromatic amines is 1. The normalized spacial score (nSPS) is 11.1. The molecule has 0 saturated heterocycles. The summed E-state index contributed by atoms with van der Waals surface area (Å²) in [7, 11) is 0. The number of pyridine rings is 2. The van der Waals surface area contributed by atoms with Gasteiger partial charge in [-0.3, -0.25) is 10.1 Å². The van der Waals surface area contributed by atoms with Gasteiger partial charge in [0.2, 0.25) is 0 Å². The molecule has 0 saturated carbocycles. The highest BCUT2D eigenvalue weighted by atomic mass is 19.4.